The number of amides is 1. The lowest BCUT2D eigenvalue weighted by molar-refractivity contribution is -0.153. The summed E-state index contributed by atoms with van der Waals surface area (Å²) in [4.78, 5) is 29.0. The highest BCUT2D eigenvalue weighted by Gasteiger charge is 2.51. The number of hydrogen-bond donors (Lipinski definition) is 0. The molecule has 132 valence electrons. The molecule has 0 N–H and O–H groups in total. The van der Waals surface area contributed by atoms with E-state index in [0.717, 1.165) is 12.1 Å². The Morgan fingerprint density at radius 2 is 2.04 bits per heavy atom. The zero-order chi connectivity index (χ0) is 18.2. The summed E-state index contributed by atoms with van der Waals surface area (Å²) in [6, 6.07) is 8.95. The van der Waals surface area contributed by atoms with Crippen molar-refractivity contribution in [3.63, 3.8) is 0 Å². The fourth-order valence-corrected chi connectivity index (χ4v) is 3.91. The third kappa shape index (κ3) is 2.89. The van der Waals surface area contributed by atoms with Gasteiger partial charge < -0.3 is 9.64 Å². The molecule has 1 amide bonds. The lowest BCUT2D eigenvalue weighted by atomic mass is 9.81. The van der Waals surface area contributed by atoms with Crippen molar-refractivity contribution in [2.24, 2.45) is 11.3 Å². The molecule has 0 bridgehead atoms. The first-order valence-electron chi connectivity index (χ1n) is 8.54. The van der Waals surface area contributed by atoms with E-state index in [0.29, 0.717) is 25.2 Å². The Balaban J connectivity index is 1.74. The highest BCUT2D eigenvalue weighted by Crippen LogP contribution is 2.39. The first-order valence-corrected chi connectivity index (χ1v) is 8.54. The number of anilines is 1. The molecular formula is C19H23N3O3. The molecule has 0 aliphatic carbocycles. The molecule has 0 spiro atoms. The highest BCUT2D eigenvalue weighted by atomic mass is 16.5. The van der Waals surface area contributed by atoms with E-state index in [-0.39, 0.29) is 23.8 Å². The molecular weight excluding hydrogens is 318 g/mol. The molecule has 0 radical (unpaired) electrons. The van der Waals surface area contributed by atoms with E-state index in [1.165, 1.54) is 7.11 Å². The van der Waals surface area contributed by atoms with Crippen LogP contribution in [0, 0.1) is 22.7 Å². The quantitative estimate of drug-likeness (QED) is 0.784. The van der Waals surface area contributed by atoms with Crippen molar-refractivity contribution in [1.29, 1.82) is 5.26 Å². The van der Waals surface area contributed by atoms with E-state index >= 15 is 0 Å². The zero-order valence-electron chi connectivity index (χ0n) is 14.9. The van der Waals surface area contributed by atoms with Gasteiger partial charge in [0, 0.05) is 25.3 Å². The molecule has 2 aliphatic rings. The van der Waals surface area contributed by atoms with Gasteiger partial charge in [-0.05, 0) is 43.5 Å². The Labute approximate surface area is 148 Å². The fourth-order valence-electron chi connectivity index (χ4n) is 3.91. The highest BCUT2D eigenvalue weighted by molar-refractivity contribution is 5.99. The SMILES string of the molecule is COC(=O)[C@]1(C)CN([C@H]2CCN(c3ccc(C#N)cc3)C2=O)C[C@H]1C. The van der Waals surface area contributed by atoms with Crippen molar-refractivity contribution in [3.05, 3.63) is 29.8 Å². The molecule has 2 aliphatic heterocycles. The van der Waals surface area contributed by atoms with Gasteiger partial charge in [-0.15, -0.1) is 0 Å². The van der Waals surface area contributed by atoms with Crippen molar-refractivity contribution in [3.8, 4) is 6.07 Å². The normalized spacial score (nSPS) is 29.7. The van der Waals surface area contributed by atoms with Crippen LogP contribution in [0.15, 0.2) is 24.3 Å². The van der Waals surface area contributed by atoms with Crippen molar-refractivity contribution in [1.82, 2.24) is 4.90 Å². The topological polar surface area (TPSA) is 73.6 Å². The molecule has 6 heteroatoms. The number of methoxy groups -OCH3 is 1. The molecule has 3 rings (SSSR count). The lowest BCUT2D eigenvalue weighted by Crippen LogP contribution is -2.42. The minimum atomic E-state index is -0.573. The maximum absolute atomic E-state index is 12.9. The number of rotatable bonds is 3. The Morgan fingerprint density at radius 1 is 1.36 bits per heavy atom. The summed E-state index contributed by atoms with van der Waals surface area (Å²) in [6.07, 6.45) is 0.739. The molecule has 1 aromatic carbocycles. The number of nitrogens with zero attached hydrogens (tertiary/aromatic N) is 3. The van der Waals surface area contributed by atoms with Crippen LogP contribution in [-0.2, 0) is 14.3 Å². The van der Waals surface area contributed by atoms with Crippen LogP contribution in [0.3, 0.4) is 0 Å². The van der Waals surface area contributed by atoms with Gasteiger partial charge in [-0.2, -0.15) is 5.26 Å². The minimum Gasteiger partial charge on any atom is -0.469 e. The van der Waals surface area contributed by atoms with Crippen molar-refractivity contribution >= 4 is 17.6 Å². The van der Waals surface area contributed by atoms with E-state index in [1.807, 2.05) is 26.0 Å². The molecule has 2 heterocycles. The minimum absolute atomic E-state index is 0.0611. The zero-order valence-corrected chi connectivity index (χ0v) is 14.9. The number of carbonyl (C=O) groups is 2. The number of benzene rings is 1. The van der Waals surface area contributed by atoms with Crippen molar-refractivity contribution in [2.75, 3.05) is 31.6 Å². The molecule has 25 heavy (non-hydrogen) atoms. The molecule has 0 aromatic heterocycles. The van der Waals surface area contributed by atoms with Crippen molar-refractivity contribution in [2.45, 2.75) is 26.3 Å². The first kappa shape index (κ1) is 17.4. The van der Waals surface area contributed by atoms with Gasteiger partial charge >= 0.3 is 5.97 Å². The van der Waals surface area contributed by atoms with E-state index in [9.17, 15) is 9.59 Å². The van der Waals surface area contributed by atoms with E-state index in [4.69, 9.17) is 10.00 Å². The molecule has 2 saturated heterocycles. The maximum atomic E-state index is 12.9. The standard InChI is InChI=1S/C19H23N3O3/c1-13-11-21(12-19(13,2)18(24)25-3)16-8-9-22(17(16)23)15-6-4-14(10-20)5-7-15/h4-7,13,16H,8-9,11-12H2,1-3H3/t13-,16+,19-/m1/s1. The predicted molar refractivity (Wildman–Crippen MR) is 92.8 cm³/mol. The third-order valence-corrected chi connectivity index (χ3v) is 5.71. The Bertz CT molecular complexity index is 724. The van der Waals surface area contributed by atoms with Crippen LogP contribution in [0.5, 0.6) is 0 Å². The second kappa shape index (κ2) is 6.49. The molecule has 0 unspecified atom stereocenters. The largest absolute Gasteiger partial charge is 0.469 e. The summed E-state index contributed by atoms with van der Waals surface area (Å²) in [5.41, 5.74) is 0.820. The van der Waals surface area contributed by atoms with Gasteiger partial charge in [-0.25, -0.2) is 0 Å². The summed E-state index contributed by atoms with van der Waals surface area (Å²) < 4.78 is 4.97. The van der Waals surface area contributed by atoms with Crippen LogP contribution in [0.4, 0.5) is 5.69 Å². The van der Waals surface area contributed by atoms with Gasteiger partial charge in [0.1, 0.15) is 0 Å². The summed E-state index contributed by atoms with van der Waals surface area (Å²) in [7, 11) is 1.41. The van der Waals surface area contributed by atoms with Gasteiger partial charge in [-0.1, -0.05) is 6.92 Å². The van der Waals surface area contributed by atoms with Crippen LogP contribution in [0.25, 0.3) is 0 Å². The van der Waals surface area contributed by atoms with Crippen molar-refractivity contribution < 1.29 is 14.3 Å². The average molecular weight is 341 g/mol. The monoisotopic (exact) mass is 341 g/mol. The Kier molecular flexibility index (Phi) is 4.53. The molecule has 2 fully saturated rings. The third-order valence-electron chi connectivity index (χ3n) is 5.71. The predicted octanol–water partition coefficient (Wildman–Crippen LogP) is 1.79. The fraction of sp³-hybridized carbons (Fsp3) is 0.526. The number of esters is 1. The van der Waals surface area contributed by atoms with Crippen LogP contribution in [0.1, 0.15) is 25.8 Å². The number of carbonyl (C=O) groups excluding carboxylic acids is 2. The van der Waals surface area contributed by atoms with E-state index in [2.05, 4.69) is 11.0 Å². The Hall–Kier alpha value is -2.39. The first-order chi connectivity index (χ1) is 11.9. The van der Waals surface area contributed by atoms with Gasteiger partial charge in [-0.3, -0.25) is 14.5 Å². The summed E-state index contributed by atoms with van der Waals surface area (Å²) >= 11 is 0. The van der Waals surface area contributed by atoms with Crippen LogP contribution in [0.2, 0.25) is 0 Å². The van der Waals surface area contributed by atoms with E-state index < -0.39 is 5.41 Å². The number of ether oxygens (including phenoxy) is 1. The number of likely N-dealkylation sites (tertiary alicyclic amines) is 1. The van der Waals surface area contributed by atoms with E-state index in [1.54, 1.807) is 17.0 Å². The van der Waals surface area contributed by atoms with Gasteiger partial charge in [0.15, 0.2) is 0 Å². The van der Waals surface area contributed by atoms with Crippen LogP contribution in [-0.4, -0.2) is 49.6 Å². The number of nitriles is 1. The summed E-state index contributed by atoms with van der Waals surface area (Å²) in [6.45, 7) is 5.85. The lowest BCUT2D eigenvalue weighted by Gasteiger charge is -2.26. The smallest absolute Gasteiger partial charge is 0.313 e. The number of hydrogen-bond acceptors (Lipinski definition) is 5. The van der Waals surface area contributed by atoms with Crippen LogP contribution >= 0.6 is 0 Å². The molecule has 0 saturated carbocycles. The van der Waals surface area contributed by atoms with Crippen LogP contribution < -0.4 is 4.90 Å². The van der Waals surface area contributed by atoms with Gasteiger partial charge in [0.05, 0.1) is 30.2 Å². The second-order valence-corrected chi connectivity index (χ2v) is 7.19. The second-order valence-electron chi connectivity index (χ2n) is 7.19. The maximum Gasteiger partial charge on any atom is 0.313 e. The van der Waals surface area contributed by atoms with Gasteiger partial charge in [0.25, 0.3) is 0 Å². The molecule has 1 aromatic rings. The van der Waals surface area contributed by atoms with Gasteiger partial charge in [0.2, 0.25) is 5.91 Å². The Morgan fingerprint density at radius 3 is 2.64 bits per heavy atom. The summed E-state index contributed by atoms with van der Waals surface area (Å²) in [5, 5.41) is 8.90. The summed E-state index contributed by atoms with van der Waals surface area (Å²) in [5.74, 6) is -0.0142. The molecule has 6 nitrogen and oxygen atoms in total. The average Bonchev–Trinajstić information content (AvgIpc) is 3.15. The molecule has 3 atom stereocenters.